The Morgan fingerprint density at radius 3 is 2.57 bits per heavy atom. The van der Waals surface area contributed by atoms with Gasteiger partial charge in [-0.05, 0) is 70.2 Å². The van der Waals surface area contributed by atoms with Gasteiger partial charge in [-0.3, -0.25) is 0 Å². The van der Waals surface area contributed by atoms with Crippen molar-refractivity contribution in [2.24, 2.45) is 5.92 Å². The first-order valence-electron chi connectivity index (χ1n) is 12.3. The first-order chi connectivity index (χ1) is 16.7. The summed E-state index contributed by atoms with van der Waals surface area (Å²) in [7, 11) is 0. The van der Waals surface area contributed by atoms with E-state index in [1.807, 2.05) is 11.8 Å². The van der Waals surface area contributed by atoms with Crippen LogP contribution in [0.2, 0.25) is 0 Å². The highest BCUT2D eigenvalue weighted by Crippen LogP contribution is 2.42. The molecule has 35 heavy (non-hydrogen) atoms. The Balaban J connectivity index is 1.65. The fourth-order valence-electron chi connectivity index (χ4n) is 4.57. The van der Waals surface area contributed by atoms with Gasteiger partial charge in [0.1, 0.15) is 11.2 Å². The summed E-state index contributed by atoms with van der Waals surface area (Å²) in [5.41, 5.74) is 3.56. The van der Waals surface area contributed by atoms with Crippen molar-refractivity contribution in [3.63, 3.8) is 0 Å². The maximum Gasteiger partial charge on any atom is 0.128 e. The molecule has 0 aliphatic rings. The summed E-state index contributed by atoms with van der Waals surface area (Å²) in [5.74, 6) is 0.682. The van der Waals surface area contributed by atoms with Crippen molar-refractivity contribution in [2.75, 3.05) is 0 Å². The van der Waals surface area contributed by atoms with E-state index < -0.39 is 0 Å². The first-order valence-corrected chi connectivity index (χ1v) is 13.9. The minimum absolute atomic E-state index is 0.0333. The van der Waals surface area contributed by atoms with Crippen molar-refractivity contribution in [1.82, 2.24) is 9.97 Å². The molecule has 178 valence electrons. The number of thiophene rings is 1. The van der Waals surface area contributed by atoms with Gasteiger partial charge in [0.25, 0.3) is 0 Å². The van der Waals surface area contributed by atoms with Crippen LogP contribution in [0.4, 0.5) is 0 Å². The van der Waals surface area contributed by atoms with Gasteiger partial charge >= 0.3 is 0 Å². The van der Waals surface area contributed by atoms with E-state index in [4.69, 9.17) is 4.98 Å². The van der Waals surface area contributed by atoms with Crippen molar-refractivity contribution in [3.05, 3.63) is 77.5 Å². The number of hydrogen-bond donors (Lipinski definition) is 0. The Morgan fingerprint density at radius 1 is 1.00 bits per heavy atom. The fraction of sp³-hybridized carbons (Fsp3) is 0.290. The smallest absolute Gasteiger partial charge is 0.128 e. The maximum absolute atomic E-state index is 4.82. The molecule has 5 rings (SSSR count). The Bertz CT molecular complexity index is 1570. The molecule has 4 heteroatoms. The molecule has 2 heterocycles. The SMILES string of the molecule is C/C(=C\CC(C)C)Sc1ccc2c(c1)sc1ncnc(-c3cc(C(C)(C)C)c4ccccc4c3)c12. The third-order valence-corrected chi connectivity index (χ3v) is 8.38. The minimum Gasteiger partial charge on any atom is -0.236 e. The third kappa shape index (κ3) is 4.87. The van der Waals surface area contributed by atoms with Crippen LogP contribution in [0.5, 0.6) is 0 Å². The van der Waals surface area contributed by atoms with E-state index in [2.05, 4.69) is 107 Å². The van der Waals surface area contributed by atoms with Gasteiger partial charge in [-0.2, -0.15) is 0 Å². The molecule has 0 bridgehead atoms. The van der Waals surface area contributed by atoms with Gasteiger partial charge in [0.05, 0.1) is 5.69 Å². The topological polar surface area (TPSA) is 25.8 Å². The molecular weight excluding hydrogens is 464 g/mol. The predicted molar refractivity (Wildman–Crippen MR) is 156 cm³/mol. The van der Waals surface area contributed by atoms with Crippen LogP contribution < -0.4 is 0 Å². The molecule has 3 aromatic carbocycles. The number of nitrogens with zero attached hydrogens (tertiary/aromatic N) is 2. The number of rotatable bonds is 5. The van der Waals surface area contributed by atoms with E-state index >= 15 is 0 Å². The molecule has 0 unspecified atom stereocenters. The van der Waals surface area contributed by atoms with E-state index in [-0.39, 0.29) is 5.41 Å². The zero-order chi connectivity index (χ0) is 24.7. The summed E-state index contributed by atoms with van der Waals surface area (Å²) in [6.45, 7) is 13.6. The van der Waals surface area contributed by atoms with Crippen LogP contribution in [0.25, 0.3) is 42.3 Å². The lowest BCUT2D eigenvalue weighted by atomic mass is 9.82. The molecule has 0 saturated carbocycles. The highest BCUT2D eigenvalue weighted by Gasteiger charge is 2.20. The number of fused-ring (bicyclic) bond motifs is 4. The summed E-state index contributed by atoms with van der Waals surface area (Å²) in [6.07, 6.45) is 5.18. The molecule has 0 aliphatic carbocycles. The molecule has 0 saturated heterocycles. The van der Waals surface area contributed by atoms with Crippen LogP contribution in [0, 0.1) is 5.92 Å². The second kappa shape index (κ2) is 9.40. The molecule has 0 fully saturated rings. The molecule has 0 aliphatic heterocycles. The average molecular weight is 497 g/mol. The van der Waals surface area contributed by atoms with Crippen LogP contribution >= 0.6 is 23.1 Å². The lowest BCUT2D eigenvalue weighted by Gasteiger charge is -2.22. The highest BCUT2D eigenvalue weighted by molar-refractivity contribution is 8.03. The standard InChI is InChI=1S/C31H32N2S2/c1-19(2)11-12-20(3)34-23-13-14-25-27(17-23)35-30-28(25)29(32-18-33-30)22-15-21-9-7-8-10-24(21)26(16-22)31(4,5)6/h7-10,12-19H,11H2,1-6H3/b20-12+. The Hall–Kier alpha value is -2.69. The van der Waals surface area contributed by atoms with Crippen molar-refractivity contribution >= 4 is 54.2 Å². The molecule has 0 N–H and O–H groups in total. The third-order valence-electron chi connectivity index (χ3n) is 6.34. The normalized spacial score (nSPS) is 12.9. The van der Waals surface area contributed by atoms with Gasteiger partial charge < -0.3 is 0 Å². The summed E-state index contributed by atoms with van der Waals surface area (Å²) < 4.78 is 1.26. The highest BCUT2D eigenvalue weighted by atomic mass is 32.2. The van der Waals surface area contributed by atoms with Crippen molar-refractivity contribution in [2.45, 2.75) is 58.3 Å². The van der Waals surface area contributed by atoms with Gasteiger partial charge in [-0.25, -0.2) is 9.97 Å². The Kier molecular flexibility index (Phi) is 6.45. The molecule has 0 atom stereocenters. The van der Waals surface area contributed by atoms with Crippen molar-refractivity contribution in [1.29, 1.82) is 0 Å². The number of aromatic nitrogens is 2. The van der Waals surface area contributed by atoms with Gasteiger partial charge in [0.2, 0.25) is 0 Å². The van der Waals surface area contributed by atoms with Crippen molar-refractivity contribution < 1.29 is 0 Å². The monoisotopic (exact) mass is 496 g/mol. The second-order valence-electron chi connectivity index (χ2n) is 10.7. The molecule has 0 spiro atoms. The first kappa shape index (κ1) is 24.0. The van der Waals surface area contributed by atoms with Crippen LogP contribution in [0.15, 0.2) is 76.8 Å². The van der Waals surface area contributed by atoms with E-state index in [9.17, 15) is 0 Å². The van der Waals surface area contributed by atoms with E-state index in [1.165, 1.54) is 36.2 Å². The predicted octanol–water partition coefficient (Wildman–Crippen LogP) is 10.0. The number of thioether (sulfide) groups is 1. The van der Waals surface area contributed by atoms with Crippen LogP contribution in [-0.2, 0) is 5.41 Å². The summed E-state index contributed by atoms with van der Waals surface area (Å²) in [5, 5.41) is 4.96. The van der Waals surface area contributed by atoms with Gasteiger partial charge in [-0.1, -0.05) is 82.8 Å². The van der Waals surface area contributed by atoms with Gasteiger partial charge in [-0.15, -0.1) is 11.3 Å². The summed E-state index contributed by atoms with van der Waals surface area (Å²) in [6, 6.07) is 20.1. The van der Waals surface area contributed by atoms with Crippen LogP contribution in [0.1, 0.15) is 53.5 Å². The second-order valence-corrected chi connectivity index (χ2v) is 13.1. The van der Waals surface area contributed by atoms with E-state index in [1.54, 1.807) is 17.7 Å². The van der Waals surface area contributed by atoms with Gasteiger partial charge in [0.15, 0.2) is 0 Å². The molecule has 0 radical (unpaired) electrons. The van der Waals surface area contributed by atoms with Crippen molar-refractivity contribution in [3.8, 4) is 11.3 Å². The quantitative estimate of drug-likeness (QED) is 0.226. The summed E-state index contributed by atoms with van der Waals surface area (Å²) >= 11 is 3.61. The van der Waals surface area contributed by atoms with E-state index in [0.29, 0.717) is 5.92 Å². The van der Waals surface area contributed by atoms with Crippen LogP contribution in [0.3, 0.4) is 0 Å². The van der Waals surface area contributed by atoms with Gasteiger partial charge in [0, 0.05) is 25.9 Å². The minimum atomic E-state index is 0.0333. The van der Waals surface area contributed by atoms with Crippen LogP contribution in [-0.4, -0.2) is 9.97 Å². The summed E-state index contributed by atoms with van der Waals surface area (Å²) in [4.78, 5) is 13.2. The molecular formula is C31H32N2S2. The largest absolute Gasteiger partial charge is 0.236 e. The molecule has 5 aromatic rings. The Morgan fingerprint density at radius 2 is 1.80 bits per heavy atom. The lowest BCUT2D eigenvalue weighted by molar-refractivity contribution is 0.596. The number of hydrogen-bond acceptors (Lipinski definition) is 4. The number of benzene rings is 3. The zero-order valence-electron chi connectivity index (χ0n) is 21.3. The molecule has 2 nitrogen and oxygen atoms in total. The number of allylic oxidation sites excluding steroid dienone is 2. The average Bonchev–Trinajstić information content (AvgIpc) is 3.19. The van der Waals surface area contributed by atoms with E-state index in [0.717, 1.165) is 27.9 Å². The molecule has 0 amide bonds. The Labute approximate surface area is 216 Å². The lowest BCUT2D eigenvalue weighted by Crippen LogP contribution is -2.12. The fourth-order valence-corrected chi connectivity index (χ4v) is 6.59. The maximum atomic E-state index is 4.82. The molecule has 2 aromatic heterocycles. The zero-order valence-corrected chi connectivity index (χ0v) is 23.0.